The highest BCUT2D eigenvalue weighted by atomic mass is 32.2. The van der Waals surface area contributed by atoms with Crippen LogP contribution in [0.25, 0.3) is 0 Å². The zero-order chi connectivity index (χ0) is 11.9. The van der Waals surface area contributed by atoms with Gasteiger partial charge in [-0.25, -0.2) is 8.42 Å². The molecule has 0 aromatic heterocycles. The number of sulfone groups is 1. The number of rotatable bonds is 8. The van der Waals surface area contributed by atoms with Gasteiger partial charge in [0.1, 0.15) is 0 Å². The largest absolute Gasteiger partial charge is 0.313 e. The SMILES string of the molecule is CCCCS(=O)(=O)CCNC(C)C(C)C. The third-order valence-corrected chi connectivity index (χ3v) is 4.43. The van der Waals surface area contributed by atoms with E-state index in [-0.39, 0.29) is 5.75 Å². The van der Waals surface area contributed by atoms with Crippen LogP contribution in [0.2, 0.25) is 0 Å². The highest BCUT2D eigenvalue weighted by molar-refractivity contribution is 7.91. The van der Waals surface area contributed by atoms with Gasteiger partial charge in [-0.15, -0.1) is 0 Å². The summed E-state index contributed by atoms with van der Waals surface area (Å²) in [7, 11) is -2.83. The first-order valence-electron chi connectivity index (χ1n) is 5.83. The van der Waals surface area contributed by atoms with E-state index in [1.165, 1.54) is 0 Å². The van der Waals surface area contributed by atoms with Crippen LogP contribution in [0, 0.1) is 5.92 Å². The van der Waals surface area contributed by atoms with E-state index in [0.29, 0.717) is 24.3 Å². The summed E-state index contributed by atoms with van der Waals surface area (Å²) in [5, 5.41) is 3.24. The lowest BCUT2D eigenvalue weighted by Crippen LogP contribution is -2.34. The molecule has 0 amide bonds. The lowest BCUT2D eigenvalue weighted by Gasteiger charge is -2.17. The molecule has 1 atom stereocenters. The van der Waals surface area contributed by atoms with Gasteiger partial charge in [0.15, 0.2) is 9.84 Å². The first kappa shape index (κ1) is 14.9. The zero-order valence-corrected chi connectivity index (χ0v) is 11.2. The summed E-state index contributed by atoms with van der Waals surface area (Å²) in [6.45, 7) is 8.93. The van der Waals surface area contributed by atoms with Crippen LogP contribution in [0.4, 0.5) is 0 Å². The van der Waals surface area contributed by atoms with Crippen molar-refractivity contribution in [3.05, 3.63) is 0 Å². The first-order valence-corrected chi connectivity index (χ1v) is 7.65. The van der Waals surface area contributed by atoms with Crippen molar-refractivity contribution in [3.8, 4) is 0 Å². The molecule has 0 saturated heterocycles. The summed E-state index contributed by atoms with van der Waals surface area (Å²) in [5.41, 5.74) is 0. The molecule has 0 heterocycles. The smallest absolute Gasteiger partial charge is 0.151 e. The van der Waals surface area contributed by atoms with Crippen molar-refractivity contribution in [1.29, 1.82) is 0 Å². The second-order valence-electron chi connectivity index (χ2n) is 4.49. The molecule has 0 spiro atoms. The lowest BCUT2D eigenvalue weighted by molar-refractivity contribution is 0.437. The Labute approximate surface area is 94.6 Å². The van der Waals surface area contributed by atoms with E-state index in [0.717, 1.165) is 12.8 Å². The van der Waals surface area contributed by atoms with Crippen LogP contribution in [0.1, 0.15) is 40.5 Å². The molecule has 0 aliphatic carbocycles. The molecule has 3 nitrogen and oxygen atoms in total. The minimum Gasteiger partial charge on any atom is -0.313 e. The maximum atomic E-state index is 11.5. The van der Waals surface area contributed by atoms with Gasteiger partial charge in [-0.3, -0.25) is 0 Å². The fraction of sp³-hybridized carbons (Fsp3) is 1.00. The van der Waals surface area contributed by atoms with Gasteiger partial charge in [0, 0.05) is 12.6 Å². The second kappa shape index (κ2) is 7.23. The van der Waals surface area contributed by atoms with Crippen LogP contribution in [0.15, 0.2) is 0 Å². The van der Waals surface area contributed by atoms with Gasteiger partial charge < -0.3 is 5.32 Å². The average molecular weight is 235 g/mol. The molecule has 0 fully saturated rings. The van der Waals surface area contributed by atoms with Crippen molar-refractivity contribution in [2.45, 2.75) is 46.6 Å². The van der Waals surface area contributed by atoms with E-state index < -0.39 is 9.84 Å². The quantitative estimate of drug-likeness (QED) is 0.698. The molecular weight excluding hydrogens is 210 g/mol. The molecule has 0 saturated carbocycles. The van der Waals surface area contributed by atoms with E-state index in [2.05, 4.69) is 26.1 Å². The predicted octanol–water partition coefficient (Wildman–Crippen LogP) is 1.84. The molecule has 0 rings (SSSR count). The molecular formula is C11H25NO2S. The van der Waals surface area contributed by atoms with Crippen LogP contribution in [-0.2, 0) is 9.84 Å². The summed E-state index contributed by atoms with van der Waals surface area (Å²) in [5.74, 6) is 1.15. The fourth-order valence-electron chi connectivity index (χ4n) is 1.14. The molecule has 1 unspecified atom stereocenters. The molecule has 0 bridgehead atoms. The standard InChI is InChI=1S/C11H25NO2S/c1-5-6-8-15(13,14)9-7-12-11(4)10(2)3/h10-12H,5-9H2,1-4H3. The van der Waals surface area contributed by atoms with E-state index in [9.17, 15) is 8.42 Å². The molecule has 0 aliphatic rings. The normalized spacial score (nSPS) is 14.5. The third-order valence-electron chi connectivity index (χ3n) is 2.69. The predicted molar refractivity (Wildman–Crippen MR) is 65.9 cm³/mol. The van der Waals surface area contributed by atoms with Crippen molar-refractivity contribution in [2.24, 2.45) is 5.92 Å². The summed E-state index contributed by atoms with van der Waals surface area (Å²) in [6.07, 6.45) is 1.72. The molecule has 4 heteroatoms. The van der Waals surface area contributed by atoms with Crippen LogP contribution in [-0.4, -0.2) is 32.5 Å². The van der Waals surface area contributed by atoms with Crippen molar-refractivity contribution in [1.82, 2.24) is 5.32 Å². The fourth-order valence-corrected chi connectivity index (χ4v) is 2.51. The molecule has 92 valence electrons. The summed E-state index contributed by atoms with van der Waals surface area (Å²) >= 11 is 0. The molecule has 0 radical (unpaired) electrons. The highest BCUT2D eigenvalue weighted by Crippen LogP contribution is 2.00. The Balaban J connectivity index is 3.75. The Morgan fingerprint density at radius 2 is 1.73 bits per heavy atom. The Kier molecular flexibility index (Phi) is 7.18. The number of hydrogen-bond donors (Lipinski definition) is 1. The molecule has 1 N–H and O–H groups in total. The topological polar surface area (TPSA) is 46.2 Å². The van der Waals surface area contributed by atoms with Crippen LogP contribution in [0.5, 0.6) is 0 Å². The van der Waals surface area contributed by atoms with Crippen molar-refractivity contribution < 1.29 is 8.42 Å². The first-order chi connectivity index (χ1) is 6.89. The maximum absolute atomic E-state index is 11.5. The minimum absolute atomic E-state index is 0.268. The monoisotopic (exact) mass is 235 g/mol. The van der Waals surface area contributed by atoms with Crippen molar-refractivity contribution >= 4 is 9.84 Å². The summed E-state index contributed by atoms with van der Waals surface area (Å²) in [6, 6.07) is 0.381. The van der Waals surface area contributed by atoms with Gasteiger partial charge in [0.2, 0.25) is 0 Å². The summed E-state index contributed by atoms with van der Waals surface area (Å²) < 4.78 is 23.0. The highest BCUT2D eigenvalue weighted by Gasteiger charge is 2.11. The summed E-state index contributed by atoms with van der Waals surface area (Å²) in [4.78, 5) is 0. The van der Waals surface area contributed by atoms with Crippen molar-refractivity contribution in [2.75, 3.05) is 18.1 Å². The van der Waals surface area contributed by atoms with Crippen LogP contribution in [0.3, 0.4) is 0 Å². The lowest BCUT2D eigenvalue weighted by atomic mass is 10.1. The van der Waals surface area contributed by atoms with Crippen molar-refractivity contribution in [3.63, 3.8) is 0 Å². The third kappa shape index (κ3) is 7.79. The van der Waals surface area contributed by atoms with Gasteiger partial charge in [-0.2, -0.15) is 0 Å². The Morgan fingerprint density at radius 1 is 1.13 bits per heavy atom. The molecule has 0 aromatic carbocycles. The van der Waals surface area contributed by atoms with Gasteiger partial charge >= 0.3 is 0 Å². The van der Waals surface area contributed by atoms with E-state index in [1.54, 1.807) is 0 Å². The molecule has 15 heavy (non-hydrogen) atoms. The van der Waals surface area contributed by atoms with E-state index in [4.69, 9.17) is 0 Å². The van der Waals surface area contributed by atoms with Crippen LogP contribution >= 0.6 is 0 Å². The number of hydrogen-bond acceptors (Lipinski definition) is 3. The number of nitrogens with one attached hydrogen (secondary N) is 1. The Hall–Kier alpha value is -0.0900. The molecule has 0 aliphatic heterocycles. The maximum Gasteiger partial charge on any atom is 0.151 e. The van der Waals surface area contributed by atoms with E-state index in [1.807, 2.05) is 6.92 Å². The van der Waals surface area contributed by atoms with Gasteiger partial charge in [-0.05, 0) is 19.3 Å². The second-order valence-corrected chi connectivity index (χ2v) is 6.80. The van der Waals surface area contributed by atoms with E-state index >= 15 is 0 Å². The number of unbranched alkanes of at least 4 members (excludes halogenated alkanes) is 1. The van der Waals surface area contributed by atoms with Crippen LogP contribution < -0.4 is 5.32 Å². The Bertz CT molecular complexity index is 247. The van der Waals surface area contributed by atoms with Gasteiger partial charge in [0.05, 0.1) is 11.5 Å². The average Bonchev–Trinajstić information content (AvgIpc) is 2.14. The molecule has 0 aromatic rings. The van der Waals surface area contributed by atoms with Gasteiger partial charge in [-0.1, -0.05) is 27.2 Å². The Morgan fingerprint density at radius 3 is 2.20 bits per heavy atom. The van der Waals surface area contributed by atoms with Gasteiger partial charge in [0.25, 0.3) is 0 Å². The zero-order valence-electron chi connectivity index (χ0n) is 10.4. The minimum atomic E-state index is -2.83.